The molecule has 2 unspecified atom stereocenters. The lowest BCUT2D eigenvalue weighted by Crippen LogP contribution is -2.58. The van der Waals surface area contributed by atoms with E-state index < -0.39 is 0 Å². The van der Waals surface area contributed by atoms with Gasteiger partial charge in [0.15, 0.2) is 0 Å². The Labute approximate surface area is 80.5 Å². The minimum absolute atomic E-state index is 0.551. The average molecular weight is 180 g/mol. The van der Waals surface area contributed by atoms with Crippen LogP contribution in [-0.4, -0.2) is 24.2 Å². The van der Waals surface area contributed by atoms with Gasteiger partial charge in [-0.25, -0.2) is 0 Å². The van der Waals surface area contributed by atoms with E-state index in [-0.39, 0.29) is 0 Å². The summed E-state index contributed by atoms with van der Waals surface area (Å²) in [6, 6.07) is 1.67. The zero-order valence-electron chi connectivity index (χ0n) is 8.31. The Balaban J connectivity index is 1.76. The van der Waals surface area contributed by atoms with Crippen LogP contribution < -0.4 is 10.6 Å². The van der Waals surface area contributed by atoms with Gasteiger partial charge in [0.2, 0.25) is 0 Å². The highest BCUT2D eigenvalue weighted by atomic mass is 15.1. The molecule has 2 atom stereocenters. The molecule has 0 aromatic heterocycles. The molecule has 0 aromatic carbocycles. The van der Waals surface area contributed by atoms with Gasteiger partial charge in [-0.2, -0.15) is 0 Å². The Morgan fingerprint density at radius 1 is 1.00 bits per heavy atom. The van der Waals surface area contributed by atoms with Gasteiger partial charge in [-0.1, -0.05) is 6.42 Å². The summed E-state index contributed by atoms with van der Waals surface area (Å²) >= 11 is 0. The first-order valence-corrected chi connectivity index (χ1v) is 5.87. The maximum Gasteiger partial charge on any atom is 0.0211 e. The molecule has 0 amide bonds. The molecule has 2 nitrogen and oxygen atoms in total. The molecule has 3 rings (SSSR count). The average Bonchev–Trinajstić information content (AvgIpc) is 2.48. The monoisotopic (exact) mass is 180 g/mol. The van der Waals surface area contributed by atoms with E-state index in [0.717, 1.165) is 12.1 Å². The van der Waals surface area contributed by atoms with Crippen molar-refractivity contribution in [2.45, 2.75) is 62.6 Å². The molecule has 0 aliphatic carbocycles. The zero-order valence-corrected chi connectivity index (χ0v) is 8.31. The van der Waals surface area contributed by atoms with Crippen molar-refractivity contribution in [3.63, 3.8) is 0 Å². The van der Waals surface area contributed by atoms with Gasteiger partial charge in [-0.05, 0) is 45.1 Å². The lowest BCUT2D eigenvalue weighted by Gasteiger charge is -2.44. The van der Waals surface area contributed by atoms with Gasteiger partial charge in [0, 0.05) is 17.6 Å². The lowest BCUT2D eigenvalue weighted by atomic mass is 9.78. The molecule has 3 aliphatic rings. The molecular weight excluding hydrogens is 160 g/mol. The standard InChI is InChI=1S/C11H20N2/c1-2-6-12-11(5-1)7-9-3-4-10(8-11)13-9/h9-10,12-13H,1-8H2. The Morgan fingerprint density at radius 2 is 1.77 bits per heavy atom. The first-order chi connectivity index (χ1) is 6.36. The number of rotatable bonds is 0. The van der Waals surface area contributed by atoms with Crippen molar-refractivity contribution >= 4 is 0 Å². The van der Waals surface area contributed by atoms with Crippen LogP contribution >= 0.6 is 0 Å². The highest BCUT2D eigenvalue weighted by molar-refractivity contribution is 5.05. The highest BCUT2D eigenvalue weighted by Gasteiger charge is 2.43. The van der Waals surface area contributed by atoms with Crippen LogP contribution in [0.25, 0.3) is 0 Å². The number of piperidine rings is 2. The van der Waals surface area contributed by atoms with Crippen molar-refractivity contribution in [1.29, 1.82) is 0 Å². The first-order valence-electron chi connectivity index (χ1n) is 5.87. The van der Waals surface area contributed by atoms with Crippen LogP contribution in [0.5, 0.6) is 0 Å². The van der Waals surface area contributed by atoms with Crippen molar-refractivity contribution in [1.82, 2.24) is 10.6 Å². The second kappa shape index (κ2) is 2.96. The molecule has 0 saturated carbocycles. The maximum absolute atomic E-state index is 3.80. The minimum atomic E-state index is 0.551. The van der Waals surface area contributed by atoms with Gasteiger partial charge >= 0.3 is 0 Å². The van der Waals surface area contributed by atoms with Crippen molar-refractivity contribution < 1.29 is 0 Å². The topological polar surface area (TPSA) is 24.1 Å². The molecule has 3 saturated heterocycles. The second-order valence-corrected chi connectivity index (χ2v) is 5.21. The Bertz CT molecular complexity index is 182. The third-order valence-electron chi connectivity index (χ3n) is 4.19. The number of nitrogens with one attached hydrogen (secondary N) is 2. The van der Waals surface area contributed by atoms with Crippen molar-refractivity contribution in [2.75, 3.05) is 6.54 Å². The molecule has 2 heteroatoms. The van der Waals surface area contributed by atoms with Crippen LogP contribution in [0.1, 0.15) is 44.9 Å². The van der Waals surface area contributed by atoms with Gasteiger partial charge in [-0.3, -0.25) is 0 Å². The van der Waals surface area contributed by atoms with Gasteiger partial charge in [0.1, 0.15) is 0 Å². The summed E-state index contributed by atoms with van der Waals surface area (Å²) in [6.45, 7) is 1.26. The second-order valence-electron chi connectivity index (χ2n) is 5.21. The van der Waals surface area contributed by atoms with E-state index in [9.17, 15) is 0 Å². The molecule has 3 fully saturated rings. The summed E-state index contributed by atoms with van der Waals surface area (Å²) in [7, 11) is 0. The molecular formula is C11H20N2. The smallest absolute Gasteiger partial charge is 0.0211 e. The molecule has 2 bridgehead atoms. The van der Waals surface area contributed by atoms with E-state index in [1.165, 1.54) is 51.5 Å². The van der Waals surface area contributed by atoms with Crippen molar-refractivity contribution in [3.8, 4) is 0 Å². The third kappa shape index (κ3) is 1.40. The number of hydrogen-bond acceptors (Lipinski definition) is 2. The molecule has 1 spiro atoms. The Hall–Kier alpha value is -0.0800. The molecule has 0 radical (unpaired) electrons. The molecule has 74 valence electrons. The van der Waals surface area contributed by atoms with Crippen LogP contribution in [0.4, 0.5) is 0 Å². The van der Waals surface area contributed by atoms with E-state index in [0.29, 0.717) is 5.54 Å². The first kappa shape index (κ1) is 8.25. The van der Waals surface area contributed by atoms with Crippen molar-refractivity contribution in [2.24, 2.45) is 0 Å². The summed E-state index contributed by atoms with van der Waals surface area (Å²) in [5.74, 6) is 0. The number of hydrogen-bond donors (Lipinski definition) is 2. The molecule has 3 heterocycles. The Kier molecular flexibility index (Phi) is 1.88. The predicted octanol–water partition coefficient (Wildman–Crippen LogP) is 1.41. The molecule has 2 N–H and O–H groups in total. The van der Waals surface area contributed by atoms with Gasteiger partial charge < -0.3 is 10.6 Å². The summed E-state index contributed by atoms with van der Waals surface area (Å²) in [4.78, 5) is 0. The summed E-state index contributed by atoms with van der Waals surface area (Å²) in [6.07, 6.45) is 9.91. The normalized spacial score (nSPS) is 49.8. The fraction of sp³-hybridized carbons (Fsp3) is 1.00. The molecule has 0 aromatic rings. The lowest BCUT2D eigenvalue weighted by molar-refractivity contribution is 0.161. The van der Waals surface area contributed by atoms with Gasteiger partial charge in [0.05, 0.1) is 0 Å². The van der Waals surface area contributed by atoms with Crippen LogP contribution in [0.3, 0.4) is 0 Å². The van der Waals surface area contributed by atoms with E-state index in [4.69, 9.17) is 0 Å². The minimum Gasteiger partial charge on any atom is -0.311 e. The fourth-order valence-corrected chi connectivity index (χ4v) is 3.63. The van der Waals surface area contributed by atoms with Gasteiger partial charge in [0.25, 0.3) is 0 Å². The zero-order chi connectivity index (χ0) is 8.73. The molecule has 3 aliphatic heterocycles. The quantitative estimate of drug-likeness (QED) is 0.589. The Morgan fingerprint density at radius 3 is 2.38 bits per heavy atom. The predicted molar refractivity (Wildman–Crippen MR) is 53.8 cm³/mol. The SMILES string of the molecule is C1CCC2(CC3CCC(C2)N3)NC1. The fourth-order valence-electron chi connectivity index (χ4n) is 3.63. The highest BCUT2D eigenvalue weighted by Crippen LogP contribution is 2.38. The van der Waals surface area contributed by atoms with Crippen LogP contribution in [0.2, 0.25) is 0 Å². The van der Waals surface area contributed by atoms with Crippen LogP contribution in [0.15, 0.2) is 0 Å². The summed E-state index contributed by atoms with van der Waals surface area (Å²) in [5, 5.41) is 7.52. The van der Waals surface area contributed by atoms with E-state index in [2.05, 4.69) is 10.6 Å². The van der Waals surface area contributed by atoms with E-state index in [1.807, 2.05) is 0 Å². The third-order valence-corrected chi connectivity index (χ3v) is 4.19. The van der Waals surface area contributed by atoms with E-state index in [1.54, 1.807) is 0 Å². The number of fused-ring (bicyclic) bond motifs is 2. The summed E-state index contributed by atoms with van der Waals surface area (Å²) in [5.41, 5.74) is 0.551. The van der Waals surface area contributed by atoms with Crippen LogP contribution in [-0.2, 0) is 0 Å². The largest absolute Gasteiger partial charge is 0.311 e. The van der Waals surface area contributed by atoms with E-state index >= 15 is 0 Å². The van der Waals surface area contributed by atoms with Crippen LogP contribution in [0, 0.1) is 0 Å². The van der Waals surface area contributed by atoms with Crippen molar-refractivity contribution in [3.05, 3.63) is 0 Å². The summed E-state index contributed by atoms with van der Waals surface area (Å²) < 4.78 is 0. The molecule has 13 heavy (non-hydrogen) atoms. The van der Waals surface area contributed by atoms with Gasteiger partial charge in [-0.15, -0.1) is 0 Å². The maximum atomic E-state index is 3.80.